The summed E-state index contributed by atoms with van der Waals surface area (Å²) in [6.45, 7) is 7.38. The Bertz CT molecular complexity index is 1210. The van der Waals surface area contributed by atoms with Gasteiger partial charge in [0.05, 0.1) is 18.7 Å². The van der Waals surface area contributed by atoms with Crippen LogP contribution in [-0.2, 0) is 9.47 Å². The summed E-state index contributed by atoms with van der Waals surface area (Å²) in [6, 6.07) is 3.49. The van der Waals surface area contributed by atoms with Crippen LogP contribution in [0.2, 0.25) is 0 Å². The van der Waals surface area contributed by atoms with E-state index in [0.29, 0.717) is 48.0 Å². The maximum Gasteiger partial charge on any atom is 0.410 e. The number of likely N-dealkylation sites (tertiary alicyclic amines) is 1. The minimum atomic E-state index is -0.651. The van der Waals surface area contributed by atoms with Gasteiger partial charge in [0, 0.05) is 47.5 Å². The Kier molecular flexibility index (Phi) is 5.89. The van der Waals surface area contributed by atoms with Crippen molar-refractivity contribution >= 4 is 27.6 Å². The average Bonchev–Trinajstić information content (AvgIpc) is 3.17. The van der Waals surface area contributed by atoms with E-state index in [4.69, 9.17) is 14.2 Å². The van der Waals surface area contributed by atoms with Crippen LogP contribution < -0.4 is 4.74 Å². The highest BCUT2D eigenvalue weighted by Crippen LogP contribution is 2.40. The zero-order valence-electron chi connectivity index (χ0n) is 19.1. The highest BCUT2D eigenvalue weighted by atomic mass is 32.1. The summed E-state index contributed by atoms with van der Waals surface area (Å²) in [5.74, 6) is -0.956. The van der Waals surface area contributed by atoms with E-state index in [1.807, 2.05) is 20.8 Å². The normalized spacial score (nSPS) is 22.6. The van der Waals surface area contributed by atoms with Gasteiger partial charge in [0.15, 0.2) is 0 Å². The first kappa shape index (κ1) is 22.9. The summed E-state index contributed by atoms with van der Waals surface area (Å²) in [7, 11) is 0. The first-order chi connectivity index (χ1) is 16.2. The van der Waals surface area contributed by atoms with Crippen LogP contribution in [0.15, 0.2) is 29.9 Å². The number of halogens is 2. The number of hydrogen-bond acceptors (Lipinski definition) is 7. The van der Waals surface area contributed by atoms with Crippen molar-refractivity contribution in [2.45, 2.75) is 32.5 Å². The van der Waals surface area contributed by atoms with E-state index in [2.05, 4.69) is 9.97 Å². The molecule has 0 spiro atoms. The van der Waals surface area contributed by atoms with E-state index in [9.17, 15) is 13.6 Å². The van der Waals surface area contributed by atoms with Gasteiger partial charge in [0.25, 0.3) is 0 Å². The molecule has 2 unspecified atom stereocenters. The molecule has 0 N–H and O–H groups in total. The Morgan fingerprint density at radius 2 is 1.88 bits per heavy atom. The topological polar surface area (TPSA) is 73.8 Å². The van der Waals surface area contributed by atoms with Crippen LogP contribution in [0.5, 0.6) is 5.88 Å². The summed E-state index contributed by atoms with van der Waals surface area (Å²) in [4.78, 5) is 23.0. The number of amides is 1. The van der Waals surface area contributed by atoms with Crippen molar-refractivity contribution in [2.75, 3.05) is 26.3 Å². The number of hydrogen-bond donors (Lipinski definition) is 0. The van der Waals surface area contributed by atoms with Gasteiger partial charge in [-0.3, -0.25) is 0 Å². The lowest BCUT2D eigenvalue weighted by Gasteiger charge is -2.46. The number of benzene rings is 1. The molecule has 5 rings (SSSR count). The Morgan fingerprint density at radius 1 is 1.15 bits per heavy atom. The minimum Gasteiger partial charge on any atom is -0.472 e. The summed E-state index contributed by atoms with van der Waals surface area (Å²) >= 11 is 1.35. The fourth-order valence-electron chi connectivity index (χ4n) is 4.51. The highest BCUT2D eigenvalue weighted by molar-refractivity contribution is 7.18. The zero-order valence-corrected chi connectivity index (χ0v) is 19.9. The molecular formula is C24H25F2N3O4S. The van der Waals surface area contributed by atoms with Crippen molar-refractivity contribution in [3.05, 3.63) is 41.5 Å². The van der Waals surface area contributed by atoms with Crippen LogP contribution in [0.3, 0.4) is 0 Å². The molecule has 2 saturated heterocycles. The molecule has 2 bridgehead atoms. The standard InChI is InChI=1S/C24H25F2N3O4S/c1-24(2,3)33-23(30)29-7-13-9-31-10-14(8-29)20(13)32-22-21-19(27-12-28-22)17(11-34-21)16-5-4-15(25)6-18(16)26/h4-6,11-14,20H,7-10H2,1-3H3. The van der Waals surface area contributed by atoms with Crippen LogP contribution in [0.1, 0.15) is 20.8 Å². The molecule has 4 heterocycles. The number of piperidine rings is 1. The largest absolute Gasteiger partial charge is 0.472 e. The number of rotatable bonds is 3. The summed E-state index contributed by atoms with van der Waals surface area (Å²) in [5.41, 5.74) is 0.818. The third-order valence-electron chi connectivity index (χ3n) is 5.94. The Labute approximate surface area is 199 Å². The first-order valence-corrected chi connectivity index (χ1v) is 12.0. The van der Waals surface area contributed by atoms with Gasteiger partial charge in [0.2, 0.25) is 5.88 Å². The van der Waals surface area contributed by atoms with Crippen molar-refractivity contribution in [1.82, 2.24) is 14.9 Å². The maximum absolute atomic E-state index is 14.4. The smallest absolute Gasteiger partial charge is 0.410 e. The molecule has 2 aromatic heterocycles. The lowest BCUT2D eigenvalue weighted by molar-refractivity contribution is -0.112. The van der Waals surface area contributed by atoms with Gasteiger partial charge in [-0.15, -0.1) is 11.3 Å². The third-order valence-corrected chi connectivity index (χ3v) is 6.90. The maximum atomic E-state index is 14.4. The molecule has 1 amide bonds. The molecule has 180 valence electrons. The van der Waals surface area contributed by atoms with Gasteiger partial charge in [-0.2, -0.15) is 0 Å². The molecule has 2 aliphatic heterocycles. The van der Waals surface area contributed by atoms with E-state index in [0.717, 1.165) is 6.07 Å². The average molecular weight is 490 g/mol. The van der Waals surface area contributed by atoms with Crippen molar-refractivity contribution in [3.8, 4) is 17.0 Å². The van der Waals surface area contributed by atoms with Crippen molar-refractivity contribution < 1.29 is 27.8 Å². The van der Waals surface area contributed by atoms with E-state index in [1.54, 1.807) is 10.3 Å². The van der Waals surface area contributed by atoms with Crippen LogP contribution in [0.4, 0.5) is 13.6 Å². The van der Waals surface area contributed by atoms with Crippen LogP contribution in [0, 0.1) is 23.5 Å². The quantitative estimate of drug-likeness (QED) is 0.521. The van der Waals surface area contributed by atoms with E-state index >= 15 is 0 Å². The van der Waals surface area contributed by atoms with Crippen molar-refractivity contribution in [1.29, 1.82) is 0 Å². The lowest BCUT2D eigenvalue weighted by Crippen LogP contribution is -2.59. The molecule has 2 aliphatic rings. The molecule has 0 radical (unpaired) electrons. The zero-order chi connectivity index (χ0) is 24.0. The van der Waals surface area contributed by atoms with Crippen LogP contribution in [-0.4, -0.2) is 59.0 Å². The molecule has 2 fully saturated rings. The lowest BCUT2D eigenvalue weighted by atomic mass is 9.84. The predicted molar refractivity (Wildman–Crippen MR) is 123 cm³/mol. The number of aromatic nitrogens is 2. The van der Waals surface area contributed by atoms with Crippen molar-refractivity contribution in [3.63, 3.8) is 0 Å². The van der Waals surface area contributed by atoms with E-state index < -0.39 is 17.2 Å². The molecule has 2 atom stereocenters. The van der Waals surface area contributed by atoms with Crippen LogP contribution in [0.25, 0.3) is 21.3 Å². The Morgan fingerprint density at radius 3 is 2.56 bits per heavy atom. The van der Waals surface area contributed by atoms with E-state index in [-0.39, 0.29) is 29.6 Å². The molecule has 3 aromatic rings. The second-order valence-electron chi connectivity index (χ2n) is 9.66. The molecule has 10 heteroatoms. The Hall–Kier alpha value is -2.85. The van der Waals surface area contributed by atoms with Crippen LogP contribution >= 0.6 is 11.3 Å². The monoisotopic (exact) mass is 489 g/mol. The van der Waals surface area contributed by atoms with Gasteiger partial charge in [-0.05, 0) is 32.9 Å². The summed E-state index contributed by atoms with van der Waals surface area (Å²) in [5, 5.41) is 1.78. The predicted octanol–water partition coefficient (Wildman–Crippen LogP) is 4.90. The Balaban J connectivity index is 1.39. The van der Waals surface area contributed by atoms with Gasteiger partial charge in [-0.25, -0.2) is 23.5 Å². The fraction of sp³-hybridized carbons (Fsp3) is 0.458. The number of thiophene rings is 1. The van der Waals surface area contributed by atoms with Crippen molar-refractivity contribution in [2.24, 2.45) is 11.8 Å². The molecule has 0 aliphatic carbocycles. The number of carbonyl (C=O) groups is 1. The number of fused-ring (bicyclic) bond motifs is 3. The summed E-state index contributed by atoms with van der Waals surface area (Å²) < 4.78 is 46.2. The molecule has 0 saturated carbocycles. The van der Waals surface area contributed by atoms with Gasteiger partial charge in [0.1, 0.15) is 34.4 Å². The molecule has 34 heavy (non-hydrogen) atoms. The minimum absolute atomic E-state index is 0.0426. The summed E-state index contributed by atoms with van der Waals surface area (Å²) in [6.07, 6.45) is 0.854. The number of carbonyl (C=O) groups excluding carboxylic acids is 1. The molecule has 7 nitrogen and oxygen atoms in total. The number of ether oxygens (including phenoxy) is 3. The molecule has 1 aromatic carbocycles. The SMILES string of the molecule is CC(C)(C)OC(=O)N1CC2COCC(C1)C2Oc1ncnc2c(-c3ccc(F)cc3F)csc12. The first-order valence-electron chi connectivity index (χ1n) is 11.1. The van der Waals surface area contributed by atoms with Gasteiger partial charge in [-0.1, -0.05) is 0 Å². The second kappa shape index (κ2) is 8.74. The fourth-order valence-corrected chi connectivity index (χ4v) is 5.46. The van der Waals surface area contributed by atoms with Gasteiger partial charge < -0.3 is 19.1 Å². The number of nitrogens with zero attached hydrogens (tertiary/aromatic N) is 3. The highest BCUT2D eigenvalue weighted by Gasteiger charge is 2.44. The molecular weight excluding hydrogens is 464 g/mol. The van der Waals surface area contributed by atoms with E-state index in [1.165, 1.54) is 29.8 Å². The second-order valence-corrected chi connectivity index (χ2v) is 10.5. The third kappa shape index (κ3) is 4.44. The van der Waals surface area contributed by atoms with Gasteiger partial charge >= 0.3 is 6.09 Å².